The zero-order chi connectivity index (χ0) is 19.3. The van der Waals surface area contributed by atoms with Crippen molar-refractivity contribution in [2.24, 2.45) is 10.2 Å². The van der Waals surface area contributed by atoms with Crippen LogP contribution >= 0.6 is 0 Å². The van der Waals surface area contributed by atoms with Crippen molar-refractivity contribution in [3.63, 3.8) is 0 Å². The highest BCUT2D eigenvalue weighted by atomic mass is 16.2. The molecule has 3 heterocycles. The molecule has 1 atom stereocenters. The van der Waals surface area contributed by atoms with Gasteiger partial charge in [0, 0.05) is 42.8 Å². The maximum absolute atomic E-state index is 13.0. The number of carbonyl (C=O) groups excluding carboxylic acids is 2. The smallest absolute Gasteiger partial charge is 0.287 e. The van der Waals surface area contributed by atoms with Crippen LogP contribution in [-0.4, -0.2) is 50.1 Å². The molecule has 0 aromatic carbocycles. The molecule has 1 aliphatic carbocycles. The van der Waals surface area contributed by atoms with Crippen molar-refractivity contribution >= 4 is 11.8 Å². The van der Waals surface area contributed by atoms with E-state index < -0.39 is 11.9 Å². The zero-order valence-electron chi connectivity index (χ0n) is 15.5. The molecule has 1 fully saturated rings. The molecule has 0 bridgehead atoms. The van der Waals surface area contributed by atoms with Crippen LogP contribution in [0.3, 0.4) is 0 Å². The van der Waals surface area contributed by atoms with Crippen molar-refractivity contribution in [2.75, 3.05) is 6.54 Å². The summed E-state index contributed by atoms with van der Waals surface area (Å²) in [7, 11) is 0. The molecule has 1 saturated carbocycles. The Hall–Kier alpha value is -3.16. The summed E-state index contributed by atoms with van der Waals surface area (Å²) in [5.74, 6) is -0.516. The number of rotatable bonds is 6. The molecular formula is C20H22N6O2. The van der Waals surface area contributed by atoms with Crippen LogP contribution in [0.1, 0.15) is 25.7 Å². The van der Waals surface area contributed by atoms with Gasteiger partial charge in [0.15, 0.2) is 6.04 Å². The van der Waals surface area contributed by atoms with Gasteiger partial charge in [0.2, 0.25) is 0 Å². The van der Waals surface area contributed by atoms with Gasteiger partial charge in [-0.2, -0.15) is 10.2 Å². The number of aromatic nitrogens is 3. The Balaban J connectivity index is 1.45. The van der Waals surface area contributed by atoms with Crippen LogP contribution in [0.25, 0.3) is 11.3 Å². The quantitative estimate of drug-likeness (QED) is 0.772. The number of hydrogen-bond acceptors (Lipinski definition) is 5. The zero-order valence-corrected chi connectivity index (χ0v) is 15.5. The lowest BCUT2D eigenvalue weighted by Gasteiger charge is -2.30. The Kier molecular flexibility index (Phi) is 5.36. The summed E-state index contributed by atoms with van der Waals surface area (Å²) >= 11 is 0. The van der Waals surface area contributed by atoms with E-state index in [-0.39, 0.29) is 11.9 Å². The Labute approximate surface area is 163 Å². The maximum atomic E-state index is 13.0. The number of hydrogen-bond donors (Lipinski definition) is 0. The summed E-state index contributed by atoms with van der Waals surface area (Å²) in [6, 6.07) is 5.30. The molecule has 0 saturated heterocycles. The van der Waals surface area contributed by atoms with Crippen molar-refractivity contribution in [1.29, 1.82) is 0 Å². The first-order valence-electron chi connectivity index (χ1n) is 9.58. The fourth-order valence-corrected chi connectivity index (χ4v) is 3.73. The van der Waals surface area contributed by atoms with E-state index in [1.807, 2.05) is 34.0 Å². The van der Waals surface area contributed by atoms with Crippen molar-refractivity contribution in [2.45, 2.75) is 44.3 Å². The van der Waals surface area contributed by atoms with Gasteiger partial charge in [-0.3, -0.25) is 19.3 Å². The number of pyridine rings is 1. The van der Waals surface area contributed by atoms with Gasteiger partial charge < -0.3 is 4.90 Å². The van der Waals surface area contributed by atoms with Gasteiger partial charge in [-0.1, -0.05) is 12.8 Å². The lowest BCUT2D eigenvalue weighted by Crippen LogP contribution is -2.45. The standard InChI is InChI=1S/C20H22N6O2/c27-19-6-5-18(22-23-19)20(28)26(16-3-1-2-4-16)14-13-25-12-9-17(24-25)15-7-10-21-11-8-15/h5-12,16,18H,1-4,13-14H2. The van der Waals surface area contributed by atoms with E-state index in [1.165, 1.54) is 12.2 Å². The molecule has 0 radical (unpaired) electrons. The summed E-state index contributed by atoms with van der Waals surface area (Å²) in [6.07, 6.45) is 12.5. The highest BCUT2D eigenvalue weighted by molar-refractivity contribution is 5.92. The van der Waals surface area contributed by atoms with Gasteiger partial charge in [0.05, 0.1) is 12.2 Å². The van der Waals surface area contributed by atoms with E-state index in [0.717, 1.165) is 36.9 Å². The van der Waals surface area contributed by atoms with Gasteiger partial charge in [-0.15, -0.1) is 5.11 Å². The molecule has 2 amide bonds. The Morgan fingerprint density at radius 1 is 1.18 bits per heavy atom. The topological polar surface area (TPSA) is 92.8 Å². The van der Waals surface area contributed by atoms with Crippen LogP contribution < -0.4 is 0 Å². The second kappa shape index (κ2) is 8.24. The SMILES string of the molecule is O=C1C=CC(C(=O)N(CCn2ccc(-c3ccncc3)n2)C2CCCC2)N=N1. The van der Waals surface area contributed by atoms with Crippen LogP contribution in [0.15, 0.2) is 59.2 Å². The Morgan fingerprint density at radius 2 is 1.96 bits per heavy atom. The minimum absolute atomic E-state index is 0.0964. The normalized spacial score (nSPS) is 19.3. The molecule has 0 spiro atoms. The maximum Gasteiger partial charge on any atom is 0.287 e. The summed E-state index contributed by atoms with van der Waals surface area (Å²) in [4.78, 5) is 30.1. The Morgan fingerprint density at radius 3 is 2.68 bits per heavy atom. The van der Waals surface area contributed by atoms with Gasteiger partial charge in [-0.25, -0.2) is 0 Å². The second-order valence-electron chi connectivity index (χ2n) is 7.03. The van der Waals surface area contributed by atoms with E-state index in [0.29, 0.717) is 13.1 Å². The molecule has 4 rings (SSSR count). The monoisotopic (exact) mass is 378 g/mol. The summed E-state index contributed by atoms with van der Waals surface area (Å²) < 4.78 is 1.85. The molecule has 8 nitrogen and oxygen atoms in total. The van der Waals surface area contributed by atoms with E-state index in [1.54, 1.807) is 12.4 Å². The summed E-state index contributed by atoms with van der Waals surface area (Å²) in [5.41, 5.74) is 1.89. The number of azo groups is 1. The van der Waals surface area contributed by atoms with Crippen LogP contribution in [0.5, 0.6) is 0 Å². The molecule has 0 N–H and O–H groups in total. The third kappa shape index (κ3) is 4.05. The average molecular weight is 378 g/mol. The molecule has 2 aromatic heterocycles. The molecular weight excluding hydrogens is 356 g/mol. The van der Waals surface area contributed by atoms with Crippen molar-refractivity contribution in [3.05, 3.63) is 48.9 Å². The highest BCUT2D eigenvalue weighted by Crippen LogP contribution is 2.25. The minimum Gasteiger partial charge on any atom is -0.336 e. The fraction of sp³-hybridized carbons (Fsp3) is 0.400. The number of amides is 2. The molecule has 1 unspecified atom stereocenters. The van der Waals surface area contributed by atoms with Gasteiger partial charge >= 0.3 is 0 Å². The minimum atomic E-state index is -0.705. The van der Waals surface area contributed by atoms with E-state index >= 15 is 0 Å². The van der Waals surface area contributed by atoms with Gasteiger partial charge in [0.25, 0.3) is 11.8 Å². The first kappa shape index (κ1) is 18.2. The molecule has 2 aliphatic rings. The predicted octanol–water partition coefficient (Wildman–Crippen LogP) is 2.63. The highest BCUT2D eigenvalue weighted by Gasteiger charge is 2.31. The Bertz CT molecular complexity index is 882. The fourth-order valence-electron chi connectivity index (χ4n) is 3.73. The first-order chi connectivity index (χ1) is 13.7. The summed E-state index contributed by atoms with van der Waals surface area (Å²) in [6.45, 7) is 1.15. The molecule has 28 heavy (non-hydrogen) atoms. The van der Waals surface area contributed by atoms with Gasteiger partial charge in [-0.05, 0) is 37.1 Å². The number of carbonyl (C=O) groups is 2. The summed E-state index contributed by atoms with van der Waals surface area (Å²) in [5, 5.41) is 12.0. The second-order valence-corrected chi connectivity index (χ2v) is 7.03. The lowest BCUT2D eigenvalue weighted by molar-refractivity contribution is -0.134. The molecule has 1 aliphatic heterocycles. The first-order valence-corrected chi connectivity index (χ1v) is 9.58. The van der Waals surface area contributed by atoms with E-state index in [2.05, 4.69) is 20.3 Å². The van der Waals surface area contributed by atoms with E-state index in [4.69, 9.17) is 0 Å². The van der Waals surface area contributed by atoms with Crippen LogP contribution in [0.4, 0.5) is 0 Å². The van der Waals surface area contributed by atoms with Gasteiger partial charge in [0.1, 0.15) is 0 Å². The largest absolute Gasteiger partial charge is 0.336 e. The van der Waals surface area contributed by atoms with E-state index in [9.17, 15) is 9.59 Å². The van der Waals surface area contributed by atoms with Crippen LogP contribution in [-0.2, 0) is 16.1 Å². The third-order valence-corrected chi connectivity index (χ3v) is 5.19. The molecule has 8 heteroatoms. The lowest BCUT2D eigenvalue weighted by atomic mass is 10.1. The average Bonchev–Trinajstić information content (AvgIpc) is 3.42. The molecule has 2 aromatic rings. The van der Waals surface area contributed by atoms with Crippen molar-refractivity contribution in [3.8, 4) is 11.3 Å². The number of nitrogens with zero attached hydrogens (tertiary/aromatic N) is 6. The van der Waals surface area contributed by atoms with Crippen LogP contribution in [0.2, 0.25) is 0 Å². The van der Waals surface area contributed by atoms with Crippen LogP contribution in [0, 0.1) is 0 Å². The van der Waals surface area contributed by atoms with Crippen molar-refractivity contribution in [1.82, 2.24) is 19.7 Å². The van der Waals surface area contributed by atoms with Crippen molar-refractivity contribution < 1.29 is 9.59 Å². The predicted molar refractivity (Wildman–Crippen MR) is 102 cm³/mol. The third-order valence-electron chi connectivity index (χ3n) is 5.19. The molecule has 144 valence electrons.